The van der Waals surface area contributed by atoms with Gasteiger partial charge in [-0.2, -0.15) is 0 Å². The van der Waals surface area contributed by atoms with E-state index in [1.165, 1.54) is 17.5 Å². The lowest BCUT2D eigenvalue weighted by Crippen LogP contribution is -2.51. The van der Waals surface area contributed by atoms with Gasteiger partial charge in [0.25, 0.3) is 5.91 Å². The molecule has 4 rings (SSSR count). The molecule has 1 aromatic carbocycles. The van der Waals surface area contributed by atoms with Crippen molar-refractivity contribution in [2.45, 2.75) is 70.8 Å². The van der Waals surface area contributed by atoms with E-state index in [2.05, 4.69) is 32.0 Å². The van der Waals surface area contributed by atoms with Gasteiger partial charge in [0.15, 0.2) is 11.5 Å². The summed E-state index contributed by atoms with van der Waals surface area (Å²) in [5, 5.41) is 0. The Morgan fingerprint density at radius 2 is 2.00 bits per heavy atom. The highest BCUT2D eigenvalue weighted by Crippen LogP contribution is 2.61. The van der Waals surface area contributed by atoms with E-state index in [-0.39, 0.29) is 11.3 Å². The van der Waals surface area contributed by atoms with E-state index in [4.69, 9.17) is 15.5 Å². The molecule has 1 amide bonds. The van der Waals surface area contributed by atoms with Gasteiger partial charge in [-0.15, -0.1) is 0 Å². The summed E-state index contributed by atoms with van der Waals surface area (Å²) >= 11 is 0. The van der Waals surface area contributed by atoms with Crippen molar-refractivity contribution in [2.24, 2.45) is 22.1 Å². The molecule has 1 heterocycles. The zero-order chi connectivity index (χ0) is 20.6. The second-order valence-corrected chi connectivity index (χ2v) is 9.57. The van der Waals surface area contributed by atoms with Crippen LogP contribution in [0.3, 0.4) is 0 Å². The number of aliphatic imine (C=N–C) groups is 1. The fourth-order valence-electron chi connectivity index (χ4n) is 5.77. The highest BCUT2D eigenvalue weighted by atomic mass is 16.5. The molecule has 2 aliphatic carbocycles. The summed E-state index contributed by atoms with van der Waals surface area (Å²) < 4.78 is 5.23. The van der Waals surface area contributed by atoms with Gasteiger partial charge >= 0.3 is 0 Å². The summed E-state index contributed by atoms with van der Waals surface area (Å²) in [5.41, 5.74) is 9.09. The van der Waals surface area contributed by atoms with E-state index < -0.39 is 5.54 Å². The quantitative estimate of drug-likeness (QED) is 0.794. The first kappa shape index (κ1) is 20.4. The van der Waals surface area contributed by atoms with Gasteiger partial charge < -0.3 is 10.5 Å². The van der Waals surface area contributed by atoms with E-state index in [1.807, 2.05) is 0 Å². The maximum absolute atomic E-state index is 13.9. The molecule has 0 saturated heterocycles. The zero-order valence-electron chi connectivity index (χ0n) is 18.2. The minimum Gasteiger partial charge on any atom is -0.383 e. The SMILES string of the molecule is COCCN1C(=O)C2(N=C1N)c1cc(CCC(C)C)ccc1CC21CCCCC1. The average Bonchev–Trinajstić information content (AvgIpc) is 3.11. The molecule has 5 nitrogen and oxygen atoms in total. The van der Waals surface area contributed by atoms with Crippen molar-refractivity contribution in [2.75, 3.05) is 20.3 Å². The molecule has 1 aliphatic heterocycles. The van der Waals surface area contributed by atoms with E-state index in [0.29, 0.717) is 25.0 Å². The third kappa shape index (κ3) is 3.18. The summed E-state index contributed by atoms with van der Waals surface area (Å²) in [6.07, 6.45) is 8.79. The van der Waals surface area contributed by atoms with Crippen molar-refractivity contribution in [3.63, 3.8) is 0 Å². The summed E-state index contributed by atoms with van der Waals surface area (Å²) in [6.45, 7) is 5.44. The van der Waals surface area contributed by atoms with Crippen molar-refractivity contribution in [3.05, 3.63) is 34.9 Å². The molecule has 1 fully saturated rings. The van der Waals surface area contributed by atoms with Gasteiger partial charge in [-0.3, -0.25) is 9.69 Å². The van der Waals surface area contributed by atoms with Crippen LogP contribution in [-0.4, -0.2) is 37.0 Å². The maximum atomic E-state index is 13.9. The van der Waals surface area contributed by atoms with Crippen molar-refractivity contribution in [1.29, 1.82) is 0 Å². The normalized spacial score (nSPS) is 25.3. The molecule has 3 aliphatic rings. The molecule has 5 heteroatoms. The second kappa shape index (κ2) is 7.75. The molecule has 1 saturated carbocycles. The average molecular weight is 398 g/mol. The number of amides is 1. The van der Waals surface area contributed by atoms with Crippen LogP contribution in [0, 0.1) is 11.3 Å². The number of guanidine groups is 1. The number of methoxy groups -OCH3 is 1. The number of hydrogen-bond acceptors (Lipinski definition) is 4. The van der Waals surface area contributed by atoms with Crippen molar-refractivity contribution < 1.29 is 9.53 Å². The Labute approximate surface area is 174 Å². The number of hydrogen-bond donors (Lipinski definition) is 1. The van der Waals surface area contributed by atoms with Gasteiger partial charge in [-0.25, -0.2) is 4.99 Å². The van der Waals surface area contributed by atoms with Crippen LogP contribution in [0.25, 0.3) is 0 Å². The summed E-state index contributed by atoms with van der Waals surface area (Å²) in [4.78, 5) is 20.6. The number of ether oxygens (including phenoxy) is 1. The number of aryl methyl sites for hydroxylation is 1. The van der Waals surface area contributed by atoms with Gasteiger partial charge in [-0.1, -0.05) is 51.3 Å². The van der Waals surface area contributed by atoms with E-state index >= 15 is 0 Å². The van der Waals surface area contributed by atoms with E-state index in [1.54, 1.807) is 12.0 Å². The molecule has 0 bridgehead atoms. The van der Waals surface area contributed by atoms with Gasteiger partial charge in [-0.05, 0) is 54.7 Å². The Hall–Kier alpha value is -1.88. The Bertz CT molecular complexity index is 810. The highest BCUT2D eigenvalue weighted by Gasteiger charge is 2.66. The van der Waals surface area contributed by atoms with Gasteiger partial charge in [0.05, 0.1) is 13.2 Å². The largest absolute Gasteiger partial charge is 0.383 e. The van der Waals surface area contributed by atoms with Crippen LogP contribution in [0.15, 0.2) is 23.2 Å². The third-order valence-corrected chi connectivity index (χ3v) is 7.31. The van der Waals surface area contributed by atoms with Crippen molar-refractivity contribution in [1.82, 2.24) is 4.90 Å². The molecule has 0 aromatic heterocycles. The van der Waals surface area contributed by atoms with Crippen LogP contribution < -0.4 is 5.73 Å². The predicted octanol–water partition coefficient (Wildman–Crippen LogP) is 3.78. The summed E-state index contributed by atoms with van der Waals surface area (Å²) in [7, 11) is 1.65. The van der Waals surface area contributed by atoms with Crippen LogP contribution >= 0.6 is 0 Å². The smallest absolute Gasteiger partial charge is 0.262 e. The fraction of sp³-hybridized carbons (Fsp3) is 0.667. The minimum atomic E-state index is -0.839. The monoisotopic (exact) mass is 397 g/mol. The predicted molar refractivity (Wildman–Crippen MR) is 116 cm³/mol. The summed E-state index contributed by atoms with van der Waals surface area (Å²) in [5.74, 6) is 1.08. The highest BCUT2D eigenvalue weighted by molar-refractivity contribution is 6.08. The maximum Gasteiger partial charge on any atom is 0.262 e. The number of nitrogens with two attached hydrogens (primary N) is 1. The molecule has 1 atom stereocenters. The Balaban J connectivity index is 1.79. The first-order chi connectivity index (χ1) is 13.9. The Kier molecular flexibility index (Phi) is 5.45. The molecule has 2 spiro atoms. The lowest BCUT2D eigenvalue weighted by molar-refractivity contribution is -0.137. The molecule has 1 unspecified atom stereocenters. The molecular formula is C24H35N3O2. The van der Waals surface area contributed by atoms with Crippen LogP contribution in [0.5, 0.6) is 0 Å². The van der Waals surface area contributed by atoms with Crippen LogP contribution in [0.4, 0.5) is 0 Å². The van der Waals surface area contributed by atoms with E-state index in [9.17, 15) is 4.79 Å². The van der Waals surface area contributed by atoms with Crippen LogP contribution in [0.1, 0.15) is 69.1 Å². The van der Waals surface area contributed by atoms with Crippen molar-refractivity contribution in [3.8, 4) is 0 Å². The topological polar surface area (TPSA) is 67.9 Å². The number of carbonyl (C=O) groups is 1. The number of benzene rings is 1. The molecule has 158 valence electrons. The molecular weight excluding hydrogens is 362 g/mol. The van der Waals surface area contributed by atoms with Gasteiger partial charge in [0, 0.05) is 12.5 Å². The number of rotatable bonds is 6. The lowest BCUT2D eigenvalue weighted by atomic mass is 9.62. The standard InChI is InChI=1S/C24H35N3O2/c1-17(2)7-8-18-9-10-19-16-23(11-5-4-6-12-23)24(20(19)15-18)21(28)27(13-14-29-3)22(25)26-24/h9-10,15,17H,4-8,11-14,16H2,1-3H3,(H2,25,26). The van der Waals surface area contributed by atoms with Crippen LogP contribution in [0.2, 0.25) is 0 Å². The van der Waals surface area contributed by atoms with Gasteiger partial charge in [0.1, 0.15) is 0 Å². The Morgan fingerprint density at radius 3 is 2.69 bits per heavy atom. The summed E-state index contributed by atoms with van der Waals surface area (Å²) in [6, 6.07) is 6.79. The zero-order valence-corrected chi connectivity index (χ0v) is 18.2. The number of nitrogens with zero attached hydrogens (tertiary/aromatic N) is 2. The number of carbonyl (C=O) groups excluding carboxylic acids is 1. The lowest BCUT2D eigenvalue weighted by Gasteiger charge is -2.43. The molecule has 29 heavy (non-hydrogen) atoms. The van der Waals surface area contributed by atoms with E-state index in [0.717, 1.165) is 50.5 Å². The minimum absolute atomic E-state index is 0.0636. The van der Waals surface area contributed by atoms with Crippen LogP contribution in [-0.2, 0) is 27.9 Å². The fourth-order valence-corrected chi connectivity index (χ4v) is 5.77. The second-order valence-electron chi connectivity index (χ2n) is 9.57. The van der Waals surface area contributed by atoms with Gasteiger partial charge in [0.2, 0.25) is 0 Å². The molecule has 1 aromatic rings. The first-order valence-electron chi connectivity index (χ1n) is 11.2. The number of fused-ring (bicyclic) bond motifs is 3. The third-order valence-electron chi connectivity index (χ3n) is 7.31. The Morgan fingerprint density at radius 1 is 1.24 bits per heavy atom. The first-order valence-corrected chi connectivity index (χ1v) is 11.2. The molecule has 2 N–H and O–H groups in total. The van der Waals surface area contributed by atoms with Crippen molar-refractivity contribution >= 4 is 11.9 Å². The molecule has 0 radical (unpaired) electrons.